The van der Waals surface area contributed by atoms with Gasteiger partial charge in [-0.25, -0.2) is 0 Å². The van der Waals surface area contributed by atoms with Crippen molar-refractivity contribution in [1.29, 1.82) is 0 Å². The van der Waals surface area contributed by atoms with Crippen LogP contribution in [-0.4, -0.2) is 69.4 Å². The molecule has 2 fully saturated rings. The van der Waals surface area contributed by atoms with Gasteiger partial charge in [0.2, 0.25) is 5.91 Å². The van der Waals surface area contributed by atoms with E-state index in [-0.39, 0.29) is 30.6 Å². The van der Waals surface area contributed by atoms with E-state index < -0.39 is 18.0 Å². The zero-order chi connectivity index (χ0) is 22.9. The van der Waals surface area contributed by atoms with Crippen molar-refractivity contribution in [1.82, 2.24) is 24.7 Å². The number of halogens is 3. The van der Waals surface area contributed by atoms with Crippen molar-refractivity contribution in [3.05, 3.63) is 18.0 Å². The maximum Gasteiger partial charge on any atom is 0.453 e. The minimum Gasteiger partial charge on any atom is -0.465 e. The fourth-order valence-corrected chi connectivity index (χ4v) is 3.95. The Morgan fingerprint density at radius 2 is 1.88 bits per heavy atom. The number of hydrogen-bond acceptors (Lipinski definition) is 7. The summed E-state index contributed by atoms with van der Waals surface area (Å²) in [5, 5.41) is 10.8. The summed E-state index contributed by atoms with van der Waals surface area (Å²) in [4.78, 5) is 28.5. The predicted molar refractivity (Wildman–Crippen MR) is 107 cm³/mol. The molecule has 2 aromatic heterocycles. The first-order valence-corrected chi connectivity index (χ1v) is 10.7. The van der Waals surface area contributed by atoms with Crippen LogP contribution in [0.4, 0.5) is 19.0 Å². The minimum atomic E-state index is -4.66. The number of hydrogen-bond donors (Lipinski definition) is 0. The Kier molecular flexibility index (Phi) is 6.20. The molecular weight excluding hydrogens is 429 g/mol. The van der Waals surface area contributed by atoms with Gasteiger partial charge in [0.05, 0.1) is 6.61 Å². The first kappa shape index (κ1) is 22.3. The van der Waals surface area contributed by atoms with E-state index in [4.69, 9.17) is 4.74 Å². The molecule has 0 bridgehead atoms. The second-order valence-electron chi connectivity index (χ2n) is 8.21. The molecule has 9 nitrogen and oxygen atoms in total. The normalized spacial score (nSPS) is 17.6. The molecular formula is C20H25F3N6O3. The smallest absolute Gasteiger partial charge is 0.453 e. The van der Waals surface area contributed by atoms with E-state index >= 15 is 0 Å². The highest BCUT2D eigenvalue weighted by atomic mass is 19.4. The fourth-order valence-electron chi connectivity index (χ4n) is 3.95. The van der Waals surface area contributed by atoms with Crippen molar-refractivity contribution >= 4 is 23.3 Å². The monoisotopic (exact) mass is 454 g/mol. The number of anilines is 1. The number of fused-ring (bicyclic) bond motifs is 1. The average Bonchev–Trinajstić information content (AvgIpc) is 3.46. The molecule has 1 aliphatic carbocycles. The third-order valence-corrected chi connectivity index (χ3v) is 5.78. The molecule has 1 saturated heterocycles. The molecule has 0 unspecified atom stereocenters. The number of alkyl halides is 3. The van der Waals surface area contributed by atoms with Crippen LogP contribution in [-0.2, 0) is 20.5 Å². The Morgan fingerprint density at radius 1 is 1.16 bits per heavy atom. The summed E-state index contributed by atoms with van der Waals surface area (Å²) in [6.07, 6.45) is -1.49. The maximum absolute atomic E-state index is 13.1. The second kappa shape index (κ2) is 8.91. The van der Waals surface area contributed by atoms with Gasteiger partial charge in [-0.15, -0.1) is 15.3 Å². The van der Waals surface area contributed by atoms with E-state index in [1.807, 2.05) is 4.90 Å². The molecule has 0 N–H and O–H groups in total. The van der Waals surface area contributed by atoms with E-state index in [9.17, 15) is 22.8 Å². The van der Waals surface area contributed by atoms with E-state index in [1.165, 1.54) is 6.07 Å². The highest BCUT2D eigenvalue weighted by Gasteiger charge is 2.38. The molecule has 1 amide bonds. The van der Waals surface area contributed by atoms with Crippen molar-refractivity contribution in [2.45, 2.75) is 38.8 Å². The number of rotatable bonds is 7. The van der Waals surface area contributed by atoms with Crippen LogP contribution in [0.15, 0.2) is 12.1 Å². The van der Waals surface area contributed by atoms with Gasteiger partial charge in [0.25, 0.3) is 5.82 Å². The van der Waals surface area contributed by atoms with Gasteiger partial charge in [0, 0.05) is 25.6 Å². The molecule has 2 aliphatic rings. The van der Waals surface area contributed by atoms with Crippen LogP contribution < -0.4 is 4.90 Å². The van der Waals surface area contributed by atoms with Crippen LogP contribution in [0.5, 0.6) is 0 Å². The molecule has 4 rings (SSSR count). The zero-order valence-electron chi connectivity index (χ0n) is 17.7. The minimum absolute atomic E-state index is 0.0146. The largest absolute Gasteiger partial charge is 0.465 e. The van der Waals surface area contributed by atoms with E-state index in [0.29, 0.717) is 48.7 Å². The lowest BCUT2D eigenvalue weighted by Gasteiger charge is -2.34. The Bertz CT molecular complexity index is 983. The SMILES string of the molecule is CCOC(=O)CN(CC1CC1)C(=O)C1CCN(c2ccc3nnc(C(F)(F)F)n3n2)CC1. The lowest BCUT2D eigenvalue weighted by atomic mass is 9.95. The lowest BCUT2D eigenvalue weighted by Crippen LogP contribution is -2.45. The molecule has 1 aliphatic heterocycles. The Hall–Kier alpha value is -2.92. The molecule has 1 saturated carbocycles. The molecule has 0 atom stereocenters. The number of nitrogens with zero attached hydrogens (tertiary/aromatic N) is 6. The van der Waals surface area contributed by atoms with Crippen molar-refractivity contribution in [3.63, 3.8) is 0 Å². The van der Waals surface area contributed by atoms with Crippen LogP contribution in [0, 0.1) is 11.8 Å². The number of amides is 1. The first-order valence-electron chi connectivity index (χ1n) is 10.7. The van der Waals surface area contributed by atoms with Gasteiger partial charge in [-0.2, -0.15) is 17.7 Å². The molecule has 3 heterocycles. The summed E-state index contributed by atoms with van der Waals surface area (Å²) in [5.41, 5.74) is 0.0146. The van der Waals surface area contributed by atoms with Gasteiger partial charge in [-0.1, -0.05) is 0 Å². The number of carbonyl (C=O) groups is 2. The van der Waals surface area contributed by atoms with Gasteiger partial charge in [-0.05, 0) is 50.7 Å². The van der Waals surface area contributed by atoms with Gasteiger partial charge in [0.1, 0.15) is 12.4 Å². The van der Waals surface area contributed by atoms with Crippen LogP contribution >= 0.6 is 0 Å². The summed E-state index contributed by atoms with van der Waals surface area (Å²) >= 11 is 0. The van der Waals surface area contributed by atoms with Gasteiger partial charge >= 0.3 is 12.1 Å². The summed E-state index contributed by atoms with van der Waals surface area (Å²) in [5.74, 6) is -1.08. The fraction of sp³-hybridized carbons (Fsp3) is 0.650. The number of ether oxygens (including phenoxy) is 1. The molecule has 0 spiro atoms. The topological polar surface area (TPSA) is 92.9 Å². The first-order chi connectivity index (χ1) is 15.3. The van der Waals surface area contributed by atoms with Crippen LogP contribution in [0.2, 0.25) is 0 Å². The number of esters is 1. The van der Waals surface area contributed by atoms with Crippen molar-refractivity contribution in [2.24, 2.45) is 11.8 Å². The molecule has 12 heteroatoms. The van der Waals surface area contributed by atoms with E-state index in [1.54, 1.807) is 17.9 Å². The van der Waals surface area contributed by atoms with E-state index in [0.717, 1.165) is 12.8 Å². The molecule has 0 aromatic carbocycles. The van der Waals surface area contributed by atoms with Gasteiger partial charge in [-0.3, -0.25) is 9.59 Å². The zero-order valence-corrected chi connectivity index (χ0v) is 17.7. The third-order valence-electron chi connectivity index (χ3n) is 5.78. The molecule has 174 valence electrons. The number of piperidine rings is 1. The highest BCUT2D eigenvalue weighted by Crippen LogP contribution is 2.32. The van der Waals surface area contributed by atoms with Crippen LogP contribution in [0.1, 0.15) is 38.4 Å². The predicted octanol–water partition coefficient (Wildman–Crippen LogP) is 2.16. The van der Waals surface area contributed by atoms with E-state index in [2.05, 4.69) is 15.3 Å². The standard InChI is InChI=1S/C20H25F3N6O3/c1-2-32-17(30)12-28(11-13-3-4-13)18(31)14-7-9-27(10-8-14)16-6-5-15-24-25-19(20(21,22)23)29(15)26-16/h5-6,13-14H,2-4,7-12H2,1H3. The van der Waals surface area contributed by atoms with Crippen LogP contribution in [0.3, 0.4) is 0 Å². The number of aromatic nitrogens is 4. The summed E-state index contributed by atoms with van der Waals surface area (Å²) in [6, 6.07) is 3.05. The van der Waals surface area contributed by atoms with Crippen molar-refractivity contribution in [2.75, 3.05) is 37.7 Å². The Balaban J connectivity index is 1.41. The Labute approximate surface area is 182 Å². The average molecular weight is 454 g/mol. The summed E-state index contributed by atoms with van der Waals surface area (Å²) in [6.45, 7) is 3.44. The Morgan fingerprint density at radius 3 is 2.50 bits per heavy atom. The lowest BCUT2D eigenvalue weighted by molar-refractivity contribution is -0.150. The maximum atomic E-state index is 13.1. The van der Waals surface area contributed by atoms with Gasteiger partial charge < -0.3 is 14.5 Å². The highest BCUT2D eigenvalue weighted by molar-refractivity contribution is 5.84. The quantitative estimate of drug-likeness (QED) is 0.592. The van der Waals surface area contributed by atoms with Crippen LogP contribution in [0.25, 0.3) is 5.65 Å². The number of carbonyl (C=O) groups excluding carboxylic acids is 2. The second-order valence-corrected chi connectivity index (χ2v) is 8.21. The summed E-state index contributed by atoms with van der Waals surface area (Å²) in [7, 11) is 0. The van der Waals surface area contributed by atoms with Crippen molar-refractivity contribution in [3.8, 4) is 0 Å². The van der Waals surface area contributed by atoms with Gasteiger partial charge in [0.15, 0.2) is 5.65 Å². The summed E-state index contributed by atoms with van der Waals surface area (Å²) < 4.78 is 45.1. The third kappa shape index (κ3) is 4.94. The van der Waals surface area contributed by atoms with Crippen molar-refractivity contribution < 1.29 is 27.5 Å². The molecule has 0 radical (unpaired) electrons. The molecule has 32 heavy (non-hydrogen) atoms. The molecule has 2 aromatic rings.